The van der Waals surface area contributed by atoms with E-state index in [-0.39, 0.29) is 33.5 Å². The van der Waals surface area contributed by atoms with Gasteiger partial charge in [0.25, 0.3) is 0 Å². The summed E-state index contributed by atoms with van der Waals surface area (Å²) >= 11 is 0. The van der Waals surface area contributed by atoms with Gasteiger partial charge >= 0.3 is 12.2 Å². The number of nitrogens with zero attached hydrogens (tertiary/aromatic N) is 1. The second-order valence-corrected chi connectivity index (χ2v) is 8.97. The van der Waals surface area contributed by atoms with Crippen LogP contribution in [0.2, 0.25) is 0 Å². The first-order valence-corrected chi connectivity index (χ1v) is 11.5. The van der Waals surface area contributed by atoms with E-state index in [4.69, 9.17) is 0 Å². The Labute approximate surface area is 197 Å². The predicted molar refractivity (Wildman–Crippen MR) is 125 cm³/mol. The molecule has 0 aliphatic heterocycles. The van der Waals surface area contributed by atoms with Crippen LogP contribution in [0.15, 0.2) is 51.2 Å². The summed E-state index contributed by atoms with van der Waals surface area (Å²) in [6.45, 7) is 5.31. The van der Waals surface area contributed by atoms with Crippen molar-refractivity contribution in [2.45, 2.75) is 37.0 Å². The number of methoxy groups -OCH3 is 2. The van der Waals surface area contributed by atoms with Crippen LogP contribution in [0, 0.1) is 13.8 Å². The van der Waals surface area contributed by atoms with Crippen molar-refractivity contribution in [2.24, 2.45) is 4.99 Å². The molecule has 0 bridgehead atoms. The smallest absolute Gasteiger partial charge is 0.413 e. The Morgan fingerprint density at radius 3 is 1.97 bits per heavy atom. The molecule has 0 saturated heterocycles. The Morgan fingerprint density at radius 2 is 1.44 bits per heavy atom. The third-order valence-corrected chi connectivity index (χ3v) is 6.46. The highest BCUT2D eigenvalue weighted by atomic mass is 32.2. The molecule has 2 aromatic rings. The van der Waals surface area contributed by atoms with E-state index in [0.717, 1.165) is 25.3 Å². The lowest BCUT2D eigenvalue weighted by Crippen LogP contribution is -2.43. The van der Waals surface area contributed by atoms with Gasteiger partial charge in [-0.1, -0.05) is 13.0 Å². The number of aliphatic imine (C=N–C) groups is 1. The number of rotatable bonds is 5. The number of ether oxygens (including phenoxy) is 2. The number of alkyl carbamates (subject to hydrolysis) is 2. The molecule has 3 amide bonds. The monoisotopic (exact) mass is 490 g/mol. The topological polar surface area (TPSA) is 152 Å². The van der Waals surface area contributed by atoms with Crippen molar-refractivity contribution in [2.75, 3.05) is 19.5 Å². The highest BCUT2D eigenvalue weighted by Gasteiger charge is 2.21. The van der Waals surface area contributed by atoms with Crippen molar-refractivity contribution in [3.63, 3.8) is 0 Å². The van der Waals surface area contributed by atoms with Crippen molar-refractivity contribution in [1.29, 1.82) is 0 Å². The van der Waals surface area contributed by atoms with Gasteiger partial charge in [-0.3, -0.25) is 15.4 Å². The molecule has 0 atom stereocenters. The molecular formula is C22H26N4O7S. The highest BCUT2D eigenvalue weighted by Crippen LogP contribution is 2.31. The highest BCUT2D eigenvalue weighted by molar-refractivity contribution is 7.91. The molecule has 0 aromatic heterocycles. The lowest BCUT2D eigenvalue weighted by atomic mass is 10.1. The van der Waals surface area contributed by atoms with Gasteiger partial charge < -0.3 is 14.8 Å². The van der Waals surface area contributed by atoms with Gasteiger partial charge in [-0.05, 0) is 55.3 Å². The van der Waals surface area contributed by atoms with E-state index in [1.807, 2.05) is 6.92 Å². The SMILES string of the molecule is CCC(=O)Nc1ccc(S(=O)(=O)c2ccc(C)c(C)c2)cc1N=C(NC(=O)OC)NC(=O)OC. The molecule has 0 aliphatic carbocycles. The van der Waals surface area contributed by atoms with Gasteiger partial charge in [0.2, 0.25) is 21.7 Å². The van der Waals surface area contributed by atoms with Crippen molar-refractivity contribution < 1.29 is 32.3 Å². The number of anilines is 1. The number of hydrogen-bond acceptors (Lipinski definition) is 8. The fourth-order valence-electron chi connectivity index (χ4n) is 2.64. The summed E-state index contributed by atoms with van der Waals surface area (Å²) in [7, 11) is -1.74. The summed E-state index contributed by atoms with van der Waals surface area (Å²) in [5.74, 6) is -0.768. The second kappa shape index (κ2) is 11.3. The lowest BCUT2D eigenvalue weighted by molar-refractivity contribution is -0.115. The van der Waals surface area contributed by atoms with Gasteiger partial charge in [-0.2, -0.15) is 0 Å². The maximum atomic E-state index is 13.3. The third kappa shape index (κ3) is 6.54. The largest absolute Gasteiger partial charge is 0.453 e. The normalized spacial score (nSPS) is 10.6. The van der Waals surface area contributed by atoms with Gasteiger partial charge in [-0.25, -0.2) is 23.0 Å². The average Bonchev–Trinajstić information content (AvgIpc) is 2.81. The first kappa shape index (κ1) is 26.3. The molecule has 182 valence electrons. The molecule has 11 nitrogen and oxygen atoms in total. The van der Waals surface area contributed by atoms with E-state index in [9.17, 15) is 22.8 Å². The number of sulfone groups is 1. The molecule has 12 heteroatoms. The van der Waals surface area contributed by atoms with Gasteiger partial charge in [-0.15, -0.1) is 0 Å². The van der Waals surface area contributed by atoms with Crippen LogP contribution >= 0.6 is 0 Å². The Hall–Kier alpha value is -3.93. The van der Waals surface area contributed by atoms with Crippen molar-refractivity contribution in [1.82, 2.24) is 10.6 Å². The first-order chi connectivity index (χ1) is 16.0. The van der Waals surface area contributed by atoms with E-state index in [1.54, 1.807) is 26.0 Å². The number of benzene rings is 2. The average molecular weight is 491 g/mol. The summed E-state index contributed by atoms with van der Waals surface area (Å²) < 4.78 is 35.5. The predicted octanol–water partition coefficient (Wildman–Crippen LogP) is 3.18. The molecule has 0 fully saturated rings. The van der Waals surface area contributed by atoms with Crippen LogP contribution in [-0.4, -0.2) is 46.7 Å². The van der Waals surface area contributed by atoms with E-state index in [0.29, 0.717) is 0 Å². The van der Waals surface area contributed by atoms with Crippen LogP contribution in [0.3, 0.4) is 0 Å². The number of guanidine groups is 1. The van der Waals surface area contributed by atoms with Crippen molar-refractivity contribution in [3.05, 3.63) is 47.5 Å². The van der Waals surface area contributed by atoms with Gasteiger partial charge in [0.1, 0.15) is 0 Å². The van der Waals surface area contributed by atoms with Crippen LogP contribution in [0.5, 0.6) is 0 Å². The molecular weight excluding hydrogens is 464 g/mol. The molecule has 2 aromatic carbocycles. The zero-order valence-electron chi connectivity index (χ0n) is 19.4. The lowest BCUT2D eigenvalue weighted by Gasteiger charge is -2.13. The summed E-state index contributed by atoms with van der Waals surface area (Å²) in [4.78, 5) is 39.5. The number of hydrogen-bond donors (Lipinski definition) is 3. The molecule has 0 saturated carbocycles. The fourth-order valence-corrected chi connectivity index (χ4v) is 4.00. The molecule has 0 radical (unpaired) electrons. The van der Waals surface area contributed by atoms with E-state index >= 15 is 0 Å². The molecule has 0 spiro atoms. The number of carbonyl (C=O) groups excluding carboxylic acids is 3. The standard InChI is InChI=1S/C22H26N4O7S/c1-6-19(27)23-17-10-9-16(34(30,31)15-8-7-13(2)14(3)11-15)12-18(17)24-20(25-21(28)32-4)26-22(29)33-5/h7-12H,6H2,1-5H3,(H,23,27)(H2,24,25,26,28,29). The molecule has 0 heterocycles. The zero-order chi connectivity index (χ0) is 25.5. The maximum absolute atomic E-state index is 13.3. The second-order valence-electron chi connectivity index (χ2n) is 7.02. The summed E-state index contributed by atoms with van der Waals surface area (Å²) in [6, 6.07) is 8.67. The van der Waals surface area contributed by atoms with Crippen LogP contribution in [-0.2, 0) is 24.1 Å². The minimum absolute atomic E-state index is 0.0467. The Balaban J connectivity index is 2.66. The molecule has 2 rings (SSSR count). The number of carbonyl (C=O) groups is 3. The van der Waals surface area contributed by atoms with Gasteiger partial charge in [0.05, 0.1) is 35.4 Å². The Morgan fingerprint density at radius 1 is 0.882 bits per heavy atom. The van der Waals surface area contributed by atoms with Gasteiger partial charge in [0.15, 0.2) is 0 Å². The Kier molecular flexibility index (Phi) is 8.73. The quantitative estimate of drug-likeness (QED) is 0.430. The van der Waals surface area contributed by atoms with Crippen LogP contribution in [0.1, 0.15) is 24.5 Å². The maximum Gasteiger partial charge on any atom is 0.413 e. The molecule has 0 unspecified atom stereocenters. The van der Waals surface area contributed by atoms with Gasteiger partial charge in [0, 0.05) is 6.42 Å². The fraction of sp³-hybridized carbons (Fsp3) is 0.273. The molecule has 0 aliphatic rings. The molecule has 34 heavy (non-hydrogen) atoms. The minimum atomic E-state index is -3.95. The summed E-state index contributed by atoms with van der Waals surface area (Å²) in [5, 5.41) is 6.99. The third-order valence-electron chi connectivity index (χ3n) is 4.71. The van der Waals surface area contributed by atoms with Crippen LogP contribution in [0.25, 0.3) is 0 Å². The van der Waals surface area contributed by atoms with Crippen molar-refractivity contribution >= 4 is 45.3 Å². The Bertz CT molecular complexity index is 1220. The van der Waals surface area contributed by atoms with Crippen LogP contribution < -0.4 is 16.0 Å². The van der Waals surface area contributed by atoms with E-state index < -0.39 is 28.0 Å². The number of aryl methyl sites for hydroxylation is 2. The minimum Gasteiger partial charge on any atom is -0.453 e. The van der Waals surface area contributed by atoms with Crippen LogP contribution in [0.4, 0.5) is 21.0 Å². The number of amides is 3. The van der Waals surface area contributed by atoms with E-state index in [2.05, 4.69) is 30.4 Å². The van der Waals surface area contributed by atoms with E-state index in [1.165, 1.54) is 24.3 Å². The first-order valence-electron chi connectivity index (χ1n) is 10.1. The van der Waals surface area contributed by atoms with Crippen molar-refractivity contribution in [3.8, 4) is 0 Å². The number of nitrogens with one attached hydrogen (secondary N) is 3. The summed E-state index contributed by atoms with van der Waals surface area (Å²) in [6.07, 6.45) is -1.75. The summed E-state index contributed by atoms with van der Waals surface area (Å²) in [5.41, 5.74) is 1.85. The molecule has 3 N–H and O–H groups in total. The zero-order valence-corrected chi connectivity index (χ0v) is 20.2.